The van der Waals surface area contributed by atoms with Crippen molar-refractivity contribution in [2.24, 2.45) is 5.92 Å². The molecule has 1 N–H and O–H groups in total. The first-order chi connectivity index (χ1) is 17.4. The highest BCUT2D eigenvalue weighted by atomic mass is 16.5. The van der Waals surface area contributed by atoms with E-state index in [-0.39, 0.29) is 19.0 Å². The topological polar surface area (TPSA) is 90.9 Å². The van der Waals surface area contributed by atoms with Crippen LogP contribution in [0.2, 0.25) is 0 Å². The Morgan fingerprint density at radius 1 is 0.972 bits per heavy atom. The fourth-order valence-corrected chi connectivity index (χ4v) is 5.25. The first-order valence-electron chi connectivity index (χ1n) is 12.2. The highest BCUT2D eigenvalue weighted by Gasteiger charge is 2.49. The number of hydrogen-bond donors (Lipinski definition) is 1. The summed E-state index contributed by atoms with van der Waals surface area (Å²) in [6.07, 6.45) is 0.410. The van der Waals surface area contributed by atoms with E-state index in [0.29, 0.717) is 40.3 Å². The lowest BCUT2D eigenvalue weighted by molar-refractivity contribution is -0.152. The van der Waals surface area contributed by atoms with Crippen molar-refractivity contribution >= 4 is 17.7 Å². The lowest BCUT2D eigenvalue weighted by atomic mass is 9.67. The minimum atomic E-state index is -1.04. The number of esters is 2. The van der Waals surface area contributed by atoms with Crippen molar-refractivity contribution in [2.45, 2.75) is 39.0 Å². The summed E-state index contributed by atoms with van der Waals surface area (Å²) < 4.78 is 16.4. The quantitative estimate of drug-likeness (QED) is 0.455. The highest BCUT2D eigenvalue weighted by molar-refractivity contribution is 6.13. The van der Waals surface area contributed by atoms with Gasteiger partial charge in [-0.15, -0.1) is 0 Å². The van der Waals surface area contributed by atoms with Gasteiger partial charge in [0.2, 0.25) is 0 Å². The highest BCUT2D eigenvalue weighted by Crippen LogP contribution is 2.49. The van der Waals surface area contributed by atoms with E-state index < -0.39 is 29.7 Å². The number of rotatable bonds is 7. The molecule has 0 fully saturated rings. The van der Waals surface area contributed by atoms with E-state index in [1.54, 1.807) is 33.9 Å². The van der Waals surface area contributed by atoms with Crippen molar-refractivity contribution in [1.29, 1.82) is 0 Å². The summed E-state index contributed by atoms with van der Waals surface area (Å²) in [5, 5.41) is 3.31. The van der Waals surface area contributed by atoms with Gasteiger partial charge in [0.05, 0.1) is 31.8 Å². The van der Waals surface area contributed by atoms with Gasteiger partial charge in [0.15, 0.2) is 5.78 Å². The summed E-state index contributed by atoms with van der Waals surface area (Å²) in [4.78, 5) is 40.7. The van der Waals surface area contributed by atoms with Crippen LogP contribution in [0, 0.1) is 5.92 Å². The maximum Gasteiger partial charge on any atom is 0.336 e. The molecule has 7 heteroatoms. The van der Waals surface area contributed by atoms with Gasteiger partial charge in [-0.05, 0) is 38.8 Å². The lowest BCUT2D eigenvalue weighted by Gasteiger charge is -2.39. The molecule has 0 spiro atoms. The molecule has 0 unspecified atom stereocenters. The number of ketones is 1. The van der Waals surface area contributed by atoms with E-state index in [0.717, 1.165) is 5.56 Å². The Hall–Kier alpha value is -3.87. The van der Waals surface area contributed by atoms with Crippen LogP contribution in [-0.4, -0.2) is 38.0 Å². The molecule has 7 nitrogen and oxygen atoms in total. The van der Waals surface area contributed by atoms with Gasteiger partial charge in [0, 0.05) is 28.4 Å². The molecule has 3 atom stereocenters. The van der Waals surface area contributed by atoms with Gasteiger partial charge in [-0.25, -0.2) is 4.79 Å². The number of carbonyl (C=O) groups excluding carboxylic acids is 3. The first kappa shape index (κ1) is 25.2. The summed E-state index contributed by atoms with van der Waals surface area (Å²) in [5.41, 5.74) is 3.54. The van der Waals surface area contributed by atoms with E-state index in [4.69, 9.17) is 14.2 Å². The van der Waals surface area contributed by atoms with Gasteiger partial charge in [0.25, 0.3) is 0 Å². The number of para-hydroxylation sites is 1. The zero-order chi connectivity index (χ0) is 25.8. The van der Waals surface area contributed by atoms with Gasteiger partial charge < -0.3 is 19.5 Å². The number of nitrogens with one attached hydrogen (secondary N) is 1. The maximum absolute atomic E-state index is 14.3. The van der Waals surface area contributed by atoms with Crippen LogP contribution in [0.4, 0.5) is 0 Å². The molecule has 0 saturated heterocycles. The summed E-state index contributed by atoms with van der Waals surface area (Å²) in [6, 6.07) is 16.8. The van der Waals surface area contributed by atoms with Crippen molar-refractivity contribution in [1.82, 2.24) is 5.32 Å². The van der Waals surface area contributed by atoms with Crippen molar-refractivity contribution in [3.8, 4) is 5.75 Å². The van der Waals surface area contributed by atoms with Crippen LogP contribution >= 0.6 is 0 Å². The van der Waals surface area contributed by atoms with Crippen molar-refractivity contribution in [3.05, 3.63) is 88.3 Å². The van der Waals surface area contributed by atoms with Gasteiger partial charge in [0.1, 0.15) is 11.7 Å². The predicted molar refractivity (Wildman–Crippen MR) is 134 cm³/mol. The Labute approximate surface area is 211 Å². The zero-order valence-corrected chi connectivity index (χ0v) is 21.0. The molecule has 188 valence electrons. The largest absolute Gasteiger partial charge is 0.496 e. The summed E-state index contributed by atoms with van der Waals surface area (Å²) in [7, 11) is 1.55. The molecule has 2 aliphatic rings. The van der Waals surface area contributed by atoms with E-state index in [1.165, 1.54) is 0 Å². The molecule has 4 rings (SSSR count). The second-order valence-corrected chi connectivity index (χ2v) is 8.77. The second-order valence-electron chi connectivity index (χ2n) is 8.77. The smallest absolute Gasteiger partial charge is 0.336 e. The molecule has 1 aliphatic heterocycles. The standard InChI is InChI=1S/C29H31NO6/c1-5-35-28(32)23-17(3)30-21-16-20(18-12-8-7-9-13-18)25(29(33)36-6-2)27(31)26(21)24(23)19-14-10-11-15-22(19)34-4/h7-15,20,24-25,30H,5-6,16H2,1-4H3/t20-,24-,25+/m1/s1. The molecule has 0 aromatic heterocycles. The molecule has 0 bridgehead atoms. The molecular formula is C29H31NO6. The lowest BCUT2D eigenvalue weighted by Crippen LogP contribution is -2.43. The van der Waals surface area contributed by atoms with E-state index in [2.05, 4.69) is 5.32 Å². The van der Waals surface area contributed by atoms with Crippen LogP contribution in [0.1, 0.15) is 50.2 Å². The molecule has 2 aromatic rings. The van der Waals surface area contributed by atoms with Crippen LogP contribution in [0.25, 0.3) is 0 Å². The molecule has 0 amide bonds. The van der Waals surface area contributed by atoms with Crippen molar-refractivity contribution < 1.29 is 28.6 Å². The van der Waals surface area contributed by atoms with Crippen LogP contribution in [0.15, 0.2) is 77.1 Å². The van der Waals surface area contributed by atoms with Gasteiger partial charge >= 0.3 is 11.9 Å². The number of hydrogen-bond acceptors (Lipinski definition) is 7. The van der Waals surface area contributed by atoms with Gasteiger partial charge in [-0.2, -0.15) is 0 Å². The monoisotopic (exact) mass is 489 g/mol. The maximum atomic E-state index is 14.3. The number of carbonyl (C=O) groups is 3. The molecule has 1 aliphatic carbocycles. The van der Waals surface area contributed by atoms with Crippen molar-refractivity contribution in [3.63, 3.8) is 0 Å². The SMILES string of the molecule is CCOC(=O)C1=C(C)NC2=C(C(=O)[C@@H](C(=O)OCC)[C@@H](c3ccccc3)C2)[C@@H]1c1ccccc1OC. The Balaban J connectivity index is 1.93. The first-order valence-corrected chi connectivity index (χ1v) is 12.2. The average molecular weight is 490 g/mol. The van der Waals surface area contributed by atoms with Crippen LogP contribution in [-0.2, 0) is 23.9 Å². The van der Waals surface area contributed by atoms with E-state index in [1.807, 2.05) is 48.5 Å². The number of dihydropyridines is 1. The summed E-state index contributed by atoms with van der Waals surface area (Å²) >= 11 is 0. The molecule has 36 heavy (non-hydrogen) atoms. The number of methoxy groups -OCH3 is 1. The fourth-order valence-electron chi connectivity index (χ4n) is 5.25. The normalized spacial score (nSPS) is 21.4. The molecule has 2 aromatic carbocycles. The number of Topliss-reactive ketones (excluding diaryl/α,β-unsaturated/α-hetero) is 1. The fraction of sp³-hybridized carbons (Fsp3) is 0.345. The number of ether oxygens (including phenoxy) is 3. The minimum absolute atomic E-state index is 0.164. The van der Waals surface area contributed by atoms with Crippen molar-refractivity contribution in [2.75, 3.05) is 20.3 Å². The average Bonchev–Trinajstić information content (AvgIpc) is 2.88. The minimum Gasteiger partial charge on any atom is -0.496 e. The van der Waals surface area contributed by atoms with E-state index >= 15 is 0 Å². The Kier molecular flexibility index (Phi) is 7.58. The number of allylic oxidation sites excluding steroid dienone is 3. The van der Waals surface area contributed by atoms with Crippen LogP contribution < -0.4 is 10.1 Å². The predicted octanol–water partition coefficient (Wildman–Crippen LogP) is 4.41. The molecular weight excluding hydrogens is 458 g/mol. The number of benzene rings is 2. The Morgan fingerprint density at radius 3 is 2.31 bits per heavy atom. The third-order valence-electron chi connectivity index (χ3n) is 6.73. The zero-order valence-electron chi connectivity index (χ0n) is 21.0. The van der Waals surface area contributed by atoms with Gasteiger partial charge in [-0.1, -0.05) is 48.5 Å². The second kappa shape index (κ2) is 10.8. The van der Waals surface area contributed by atoms with E-state index in [9.17, 15) is 14.4 Å². The van der Waals surface area contributed by atoms with Crippen LogP contribution in [0.5, 0.6) is 5.75 Å². The Bertz CT molecular complexity index is 1230. The molecule has 0 saturated carbocycles. The molecule has 0 radical (unpaired) electrons. The third kappa shape index (κ3) is 4.53. The Morgan fingerprint density at radius 2 is 1.64 bits per heavy atom. The molecule has 1 heterocycles. The van der Waals surface area contributed by atoms with Crippen LogP contribution in [0.3, 0.4) is 0 Å². The van der Waals surface area contributed by atoms with Gasteiger partial charge in [-0.3, -0.25) is 9.59 Å². The third-order valence-corrected chi connectivity index (χ3v) is 6.73. The summed E-state index contributed by atoms with van der Waals surface area (Å²) in [5.74, 6) is -3.09. The summed E-state index contributed by atoms with van der Waals surface area (Å²) in [6.45, 7) is 5.61.